The van der Waals surface area contributed by atoms with E-state index in [4.69, 9.17) is 26.6 Å². The maximum atomic E-state index is 13.2. The number of hydrogen-bond acceptors (Lipinski definition) is 12. The average molecular weight is 639 g/mol. The van der Waals surface area contributed by atoms with Crippen LogP contribution in [0.25, 0.3) is 0 Å². The first-order valence-electron chi connectivity index (χ1n) is 12.6. The van der Waals surface area contributed by atoms with Gasteiger partial charge < -0.3 is 50.1 Å². The van der Waals surface area contributed by atoms with Crippen LogP contribution in [0.5, 0.6) is 5.75 Å². The van der Waals surface area contributed by atoms with E-state index in [1.54, 1.807) is 18.2 Å². The molecule has 2 aliphatic rings. The Hall–Kier alpha value is -3.53. The summed E-state index contributed by atoms with van der Waals surface area (Å²) in [5, 5.41) is 16.0. The number of benzene rings is 2. The molecule has 0 bridgehead atoms. The Balaban J connectivity index is -0.000000623. The first kappa shape index (κ1) is 38.5. The lowest BCUT2D eigenvalue weighted by Crippen LogP contribution is -2.34. The highest BCUT2D eigenvalue weighted by Gasteiger charge is 2.21. The summed E-state index contributed by atoms with van der Waals surface area (Å²) in [7, 11) is 0. The normalized spacial score (nSPS) is 14.0. The van der Waals surface area contributed by atoms with Crippen LogP contribution in [0.3, 0.4) is 0 Å². The third kappa shape index (κ3) is 9.24. The average Bonchev–Trinajstić information content (AvgIpc) is 2.91. The number of carbonyl (C=O) groups is 1. The van der Waals surface area contributed by atoms with Gasteiger partial charge in [0.05, 0.1) is 16.3 Å². The van der Waals surface area contributed by atoms with Gasteiger partial charge in [0, 0.05) is 43.6 Å². The molecule has 1 aromatic heterocycles. The quantitative estimate of drug-likeness (QED) is 0.139. The highest BCUT2D eigenvalue weighted by atomic mass is 35.5. The molecule has 3 heterocycles. The molecule has 242 valence electrons. The SMILES string of the molecule is Cl.N.N.N.N.O=C(Nc1ccc(Nc2nc(N3CCCCC3)nc(N3CCCCC3)n2)cc1Cl)c1ccc(F)cc1O.[HH].[HH].[HH].[HH]. The molecular weight excluding hydrogens is 588 g/mol. The molecule has 0 aliphatic carbocycles. The summed E-state index contributed by atoms with van der Waals surface area (Å²) in [5.74, 6) is 0.0948. The van der Waals surface area contributed by atoms with Crippen LogP contribution in [0, 0.1) is 5.82 Å². The number of aromatic nitrogens is 3. The highest BCUT2D eigenvalue weighted by Crippen LogP contribution is 2.29. The Morgan fingerprint density at radius 3 is 1.88 bits per heavy atom. The number of carbonyl (C=O) groups excluding carboxylic acids is 1. The largest absolute Gasteiger partial charge is 0.507 e. The topological polar surface area (TPSA) is 247 Å². The van der Waals surface area contributed by atoms with Gasteiger partial charge in [0.1, 0.15) is 11.6 Å². The highest BCUT2D eigenvalue weighted by molar-refractivity contribution is 6.34. The lowest BCUT2D eigenvalue weighted by Gasteiger charge is -2.30. The predicted octanol–water partition coefficient (Wildman–Crippen LogP) is 7.40. The van der Waals surface area contributed by atoms with Crippen LogP contribution in [0.4, 0.5) is 33.6 Å². The van der Waals surface area contributed by atoms with Gasteiger partial charge in [-0.3, -0.25) is 4.79 Å². The van der Waals surface area contributed by atoms with Crippen molar-refractivity contribution in [2.45, 2.75) is 38.5 Å². The smallest absolute Gasteiger partial charge is 0.259 e. The summed E-state index contributed by atoms with van der Waals surface area (Å²) >= 11 is 6.45. The fourth-order valence-electron chi connectivity index (χ4n) is 4.59. The second kappa shape index (κ2) is 17.4. The van der Waals surface area contributed by atoms with Gasteiger partial charge in [-0.05, 0) is 68.9 Å². The van der Waals surface area contributed by atoms with Gasteiger partial charge in [-0.1, -0.05) is 11.6 Å². The molecule has 0 spiro atoms. The molecule has 2 fully saturated rings. The van der Waals surface area contributed by atoms with Gasteiger partial charge in [0.15, 0.2) is 0 Å². The zero-order chi connectivity index (χ0) is 25.8. The van der Waals surface area contributed by atoms with Gasteiger partial charge in [-0.15, -0.1) is 12.4 Å². The number of hydrogen-bond donors (Lipinski definition) is 7. The van der Waals surface area contributed by atoms with Crippen molar-refractivity contribution >= 4 is 59.1 Å². The number of phenols is 1. The number of halogens is 3. The summed E-state index contributed by atoms with van der Waals surface area (Å²) < 4.78 is 13.2. The Labute approximate surface area is 262 Å². The van der Waals surface area contributed by atoms with E-state index in [2.05, 4.69) is 20.4 Å². The van der Waals surface area contributed by atoms with Crippen molar-refractivity contribution < 1.29 is 20.0 Å². The van der Waals surface area contributed by atoms with Crippen LogP contribution < -0.4 is 45.0 Å². The van der Waals surface area contributed by atoms with Crippen molar-refractivity contribution in [3.63, 3.8) is 0 Å². The summed E-state index contributed by atoms with van der Waals surface area (Å²) in [6.07, 6.45) is 6.90. The first-order chi connectivity index (χ1) is 18.0. The predicted molar refractivity (Wildman–Crippen MR) is 179 cm³/mol. The Morgan fingerprint density at radius 2 is 1.38 bits per heavy atom. The van der Waals surface area contributed by atoms with Crippen molar-refractivity contribution in [2.75, 3.05) is 46.6 Å². The van der Waals surface area contributed by atoms with Gasteiger partial charge in [0.25, 0.3) is 5.91 Å². The Kier molecular flexibility index (Phi) is 16.0. The lowest BCUT2D eigenvalue weighted by atomic mass is 10.1. The van der Waals surface area contributed by atoms with E-state index in [0.717, 1.165) is 64.0 Å². The van der Waals surface area contributed by atoms with Crippen molar-refractivity contribution in [1.29, 1.82) is 0 Å². The van der Waals surface area contributed by atoms with Crippen molar-refractivity contribution in [3.05, 3.63) is 52.8 Å². The molecular formula is C26H50Cl2FN11O2. The number of nitrogens with one attached hydrogen (secondary N) is 2. The number of piperidine rings is 2. The standard InChI is InChI=1S/C26H29ClFN7O2.ClH.4H3N.4H2/c27-20-16-18(8-10-21(20)30-23(37)19-9-7-17(28)15-22(19)36)29-24-31-25(34-11-3-1-4-12-34)33-26(32-24)35-13-5-2-6-14-35;;;;;;;;;/h7-10,15-16,36H,1-6,11-14H2,(H,30,37)(H,29,31,32,33);1H;4*1H3;4*1H. The fourth-order valence-corrected chi connectivity index (χ4v) is 4.82. The molecule has 5 rings (SSSR count). The molecule has 0 radical (unpaired) electrons. The summed E-state index contributed by atoms with van der Waals surface area (Å²) in [4.78, 5) is 31.2. The molecule has 3 aromatic rings. The van der Waals surface area contributed by atoms with Crippen LogP contribution in [0.15, 0.2) is 36.4 Å². The Morgan fingerprint density at radius 1 is 0.833 bits per heavy atom. The van der Waals surface area contributed by atoms with Crippen LogP contribution in [-0.4, -0.2) is 52.1 Å². The number of aromatic hydroxyl groups is 1. The van der Waals surface area contributed by atoms with E-state index in [-0.39, 0.29) is 53.3 Å². The zero-order valence-electron chi connectivity index (χ0n) is 23.6. The maximum Gasteiger partial charge on any atom is 0.259 e. The van der Waals surface area contributed by atoms with Gasteiger partial charge >= 0.3 is 0 Å². The van der Waals surface area contributed by atoms with Gasteiger partial charge in [0.2, 0.25) is 17.8 Å². The number of anilines is 5. The fraction of sp³-hybridized carbons (Fsp3) is 0.385. The van der Waals surface area contributed by atoms with Crippen LogP contribution in [0.2, 0.25) is 5.02 Å². The summed E-state index contributed by atoms with van der Waals surface area (Å²) in [6, 6.07) is 8.25. The van der Waals surface area contributed by atoms with E-state index in [0.29, 0.717) is 29.2 Å². The summed E-state index contributed by atoms with van der Waals surface area (Å²) in [6.45, 7) is 3.69. The zero-order valence-corrected chi connectivity index (χ0v) is 25.2. The van der Waals surface area contributed by atoms with Crippen LogP contribution in [-0.2, 0) is 0 Å². The second-order valence-corrected chi connectivity index (χ2v) is 9.70. The second-order valence-electron chi connectivity index (χ2n) is 9.29. The molecule has 42 heavy (non-hydrogen) atoms. The van der Waals surface area contributed by atoms with E-state index in [1.807, 2.05) is 0 Å². The number of nitrogens with zero attached hydrogens (tertiary/aromatic N) is 5. The molecule has 0 atom stereocenters. The number of phenolic OH excluding ortho intramolecular Hbond substituents is 1. The van der Waals surface area contributed by atoms with Crippen molar-refractivity contribution in [1.82, 2.24) is 39.6 Å². The minimum Gasteiger partial charge on any atom is -0.507 e. The molecule has 13 nitrogen and oxygen atoms in total. The van der Waals surface area contributed by atoms with Crippen LogP contribution in [0.1, 0.15) is 54.6 Å². The lowest BCUT2D eigenvalue weighted by molar-refractivity contribution is 0.102. The van der Waals surface area contributed by atoms with Gasteiger partial charge in [-0.25, -0.2) is 4.39 Å². The van der Waals surface area contributed by atoms with E-state index < -0.39 is 17.5 Å². The van der Waals surface area contributed by atoms with E-state index in [9.17, 15) is 14.3 Å². The number of amides is 1. The number of rotatable bonds is 6. The molecule has 16 heteroatoms. The summed E-state index contributed by atoms with van der Waals surface area (Å²) in [5.41, 5.74) is 0.938. The molecule has 2 aliphatic heterocycles. The molecule has 2 saturated heterocycles. The van der Waals surface area contributed by atoms with Crippen molar-refractivity contribution in [3.8, 4) is 5.75 Å². The molecule has 15 N–H and O–H groups in total. The monoisotopic (exact) mass is 637 g/mol. The van der Waals surface area contributed by atoms with Gasteiger partial charge in [-0.2, -0.15) is 15.0 Å². The molecule has 0 saturated carbocycles. The third-order valence-electron chi connectivity index (χ3n) is 6.57. The minimum atomic E-state index is -0.632. The molecule has 2 aromatic carbocycles. The van der Waals surface area contributed by atoms with Crippen LogP contribution >= 0.6 is 24.0 Å². The Bertz CT molecular complexity index is 1280. The van der Waals surface area contributed by atoms with E-state index in [1.165, 1.54) is 18.9 Å². The third-order valence-corrected chi connectivity index (χ3v) is 6.88. The molecule has 0 unspecified atom stereocenters. The van der Waals surface area contributed by atoms with Crippen molar-refractivity contribution in [2.24, 2.45) is 0 Å². The molecule has 1 amide bonds. The maximum absolute atomic E-state index is 13.2. The van der Waals surface area contributed by atoms with E-state index >= 15 is 0 Å². The minimum absolute atomic E-state index is 0. The first-order valence-corrected chi connectivity index (χ1v) is 13.0.